The summed E-state index contributed by atoms with van der Waals surface area (Å²) < 4.78 is 0. The van der Waals surface area contributed by atoms with Crippen molar-refractivity contribution in [3.05, 3.63) is 30.1 Å². The Hall–Kier alpha value is -1.62. The van der Waals surface area contributed by atoms with Crippen LogP contribution in [0.5, 0.6) is 0 Å². The molecule has 0 saturated carbocycles. The fraction of sp³-hybridized carbons (Fsp3) is 0.667. The normalized spacial score (nSPS) is 18.7. The number of nitrogens with one attached hydrogen (secondary N) is 1. The lowest BCUT2D eigenvalue weighted by atomic mass is 10.1. The Labute approximate surface area is 140 Å². The molecule has 1 aliphatic rings. The number of amides is 2. The summed E-state index contributed by atoms with van der Waals surface area (Å²) in [6.45, 7) is 12.0. The van der Waals surface area contributed by atoms with Gasteiger partial charge in [0.1, 0.15) is 0 Å². The van der Waals surface area contributed by atoms with E-state index in [-0.39, 0.29) is 12.1 Å². The first kappa shape index (κ1) is 17.7. The lowest BCUT2D eigenvalue weighted by molar-refractivity contribution is 0.111. The predicted octanol–water partition coefficient (Wildman–Crippen LogP) is 2.90. The highest BCUT2D eigenvalue weighted by Gasteiger charge is 2.25. The van der Waals surface area contributed by atoms with Crippen molar-refractivity contribution in [1.82, 2.24) is 20.1 Å². The molecule has 2 amide bonds. The third kappa shape index (κ3) is 5.20. The number of urea groups is 1. The number of carbonyl (C=O) groups is 1. The highest BCUT2D eigenvalue weighted by Crippen LogP contribution is 2.19. The Morgan fingerprint density at radius 2 is 1.87 bits per heavy atom. The van der Waals surface area contributed by atoms with Gasteiger partial charge in [0.2, 0.25) is 0 Å². The zero-order chi connectivity index (χ0) is 16.8. The van der Waals surface area contributed by atoms with Crippen molar-refractivity contribution >= 4 is 6.03 Å². The second-order valence-corrected chi connectivity index (χ2v) is 6.93. The van der Waals surface area contributed by atoms with Crippen molar-refractivity contribution in [3.63, 3.8) is 0 Å². The zero-order valence-electron chi connectivity index (χ0n) is 14.8. The third-order valence-electron chi connectivity index (χ3n) is 4.46. The van der Waals surface area contributed by atoms with E-state index in [1.165, 1.54) is 0 Å². The van der Waals surface area contributed by atoms with Crippen LogP contribution in [0.1, 0.15) is 45.9 Å². The molecule has 0 aliphatic carbocycles. The molecule has 1 N–H and O–H groups in total. The summed E-state index contributed by atoms with van der Waals surface area (Å²) in [6.07, 6.45) is 2.86. The van der Waals surface area contributed by atoms with Gasteiger partial charge in [-0.25, -0.2) is 4.79 Å². The van der Waals surface area contributed by atoms with Crippen LogP contribution in [0, 0.1) is 5.92 Å². The standard InChI is InChI=1S/C18H30N4O/c1-14(2)13-15(3)20-18(23)22-11-9-21(10-12-22)16(4)17-7-5-6-8-19-17/h5-8,14-16H,9-13H2,1-4H3,(H,20,23)/t15-,16+/m1/s1. The van der Waals surface area contributed by atoms with E-state index >= 15 is 0 Å². The van der Waals surface area contributed by atoms with Gasteiger partial charge < -0.3 is 10.2 Å². The number of aromatic nitrogens is 1. The van der Waals surface area contributed by atoms with Crippen LogP contribution in [0.4, 0.5) is 4.79 Å². The first-order valence-corrected chi connectivity index (χ1v) is 8.67. The lowest BCUT2D eigenvalue weighted by Gasteiger charge is -2.38. The van der Waals surface area contributed by atoms with E-state index in [4.69, 9.17) is 0 Å². The van der Waals surface area contributed by atoms with Crippen molar-refractivity contribution < 1.29 is 4.79 Å². The van der Waals surface area contributed by atoms with Gasteiger partial charge in [-0.3, -0.25) is 9.88 Å². The van der Waals surface area contributed by atoms with Crippen molar-refractivity contribution in [2.24, 2.45) is 5.92 Å². The number of hydrogen-bond donors (Lipinski definition) is 1. The topological polar surface area (TPSA) is 48.5 Å². The molecule has 1 saturated heterocycles. The largest absolute Gasteiger partial charge is 0.336 e. The van der Waals surface area contributed by atoms with Crippen LogP contribution in [0.2, 0.25) is 0 Å². The molecule has 5 heteroatoms. The molecule has 1 fully saturated rings. The molecule has 2 heterocycles. The second kappa shape index (κ2) is 8.29. The van der Waals surface area contributed by atoms with E-state index < -0.39 is 0 Å². The van der Waals surface area contributed by atoms with E-state index in [0.29, 0.717) is 12.0 Å². The van der Waals surface area contributed by atoms with Gasteiger partial charge in [0, 0.05) is 44.5 Å². The molecule has 0 unspecified atom stereocenters. The summed E-state index contributed by atoms with van der Waals surface area (Å²) in [5, 5.41) is 3.11. The van der Waals surface area contributed by atoms with Crippen LogP contribution in [0.3, 0.4) is 0 Å². The minimum absolute atomic E-state index is 0.0725. The maximum atomic E-state index is 12.3. The van der Waals surface area contributed by atoms with Crippen LogP contribution >= 0.6 is 0 Å². The molecule has 1 aliphatic heterocycles. The summed E-state index contributed by atoms with van der Waals surface area (Å²) in [5.41, 5.74) is 1.09. The molecule has 2 rings (SSSR count). The molecule has 5 nitrogen and oxygen atoms in total. The fourth-order valence-electron chi connectivity index (χ4n) is 3.19. The Kier molecular flexibility index (Phi) is 6.39. The van der Waals surface area contributed by atoms with Gasteiger partial charge in [-0.1, -0.05) is 19.9 Å². The van der Waals surface area contributed by atoms with E-state index in [0.717, 1.165) is 38.3 Å². The predicted molar refractivity (Wildman–Crippen MR) is 93.2 cm³/mol. The fourth-order valence-corrected chi connectivity index (χ4v) is 3.19. The molecular weight excluding hydrogens is 288 g/mol. The minimum Gasteiger partial charge on any atom is -0.336 e. The molecule has 0 spiro atoms. The van der Waals surface area contributed by atoms with Gasteiger partial charge in [0.25, 0.3) is 0 Å². The van der Waals surface area contributed by atoms with Gasteiger partial charge >= 0.3 is 6.03 Å². The van der Waals surface area contributed by atoms with Crippen LogP contribution < -0.4 is 5.32 Å². The lowest BCUT2D eigenvalue weighted by Crippen LogP contribution is -2.53. The Balaban J connectivity index is 1.80. The molecule has 23 heavy (non-hydrogen) atoms. The number of piperazine rings is 1. The molecule has 0 aromatic carbocycles. The smallest absolute Gasteiger partial charge is 0.317 e. The third-order valence-corrected chi connectivity index (χ3v) is 4.46. The Bertz CT molecular complexity index is 483. The molecule has 0 bridgehead atoms. The SMILES string of the molecule is CC(C)C[C@@H](C)NC(=O)N1CCN([C@@H](C)c2ccccn2)CC1. The quantitative estimate of drug-likeness (QED) is 0.908. The zero-order valence-corrected chi connectivity index (χ0v) is 14.8. The monoisotopic (exact) mass is 318 g/mol. The van der Waals surface area contributed by atoms with E-state index in [1.807, 2.05) is 23.2 Å². The number of pyridine rings is 1. The summed E-state index contributed by atoms with van der Waals surface area (Å²) in [5.74, 6) is 0.598. The van der Waals surface area contributed by atoms with Gasteiger partial charge in [0.05, 0.1) is 5.69 Å². The molecular formula is C18H30N4O. The van der Waals surface area contributed by atoms with Gasteiger partial charge in [-0.05, 0) is 38.3 Å². The van der Waals surface area contributed by atoms with Crippen LogP contribution in [-0.4, -0.2) is 53.0 Å². The van der Waals surface area contributed by atoms with E-state index in [2.05, 4.69) is 49.0 Å². The highest BCUT2D eigenvalue weighted by molar-refractivity contribution is 5.74. The second-order valence-electron chi connectivity index (χ2n) is 6.93. The van der Waals surface area contributed by atoms with Gasteiger partial charge in [-0.15, -0.1) is 0 Å². The summed E-state index contributed by atoms with van der Waals surface area (Å²) in [4.78, 5) is 21.1. The van der Waals surface area contributed by atoms with E-state index in [9.17, 15) is 4.79 Å². The van der Waals surface area contributed by atoms with Crippen LogP contribution in [0.25, 0.3) is 0 Å². The maximum absolute atomic E-state index is 12.3. The van der Waals surface area contributed by atoms with Gasteiger partial charge in [0.15, 0.2) is 0 Å². The van der Waals surface area contributed by atoms with Gasteiger partial charge in [-0.2, -0.15) is 0 Å². The Morgan fingerprint density at radius 3 is 2.43 bits per heavy atom. The van der Waals surface area contributed by atoms with Crippen LogP contribution in [-0.2, 0) is 0 Å². The maximum Gasteiger partial charge on any atom is 0.317 e. The van der Waals surface area contributed by atoms with Crippen molar-refractivity contribution in [3.8, 4) is 0 Å². The molecule has 1 aromatic heterocycles. The average molecular weight is 318 g/mol. The number of carbonyl (C=O) groups excluding carboxylic acids is 1. The van der Waals surface area contributed by atoms with Crippen molar-refractivity contribution in [2.45, 2.75) is 46.2 Å². The van der Waals surface area contributed by atoms with Crippen molar-refractivity contribution in [2.75, 3.05) is 26.2 Å². The summed E-state index contributed by atoms with van der Waals surface area (Å²) >= 11 is 0. The highest BCUT2D eigenvalue weighted by atomic mass is 16.2. The number of nitrogens with zero attached hydrogens (tertiary/aromatic N) is 3. The molecule has 0 radical (unpaired) electrons. The first-order chi connectivity index (χ1) is 11.0. The van der Waals surface area contributed by atoms with E-state index in [1.54, 1.807) is 0 Å². The average Bonchev–Trinajstić information content (AvgIpc) is 2.54. The molecule has 2 atom stereocenters. The number of hydrogen-bond acceptors (Lipinski definition) is 3. The number of rotatable bonds is 5. The van der Waals surface area contributed by atoms with Crippen LogP contribution in [0.15, 0.2) is 24.4 Å². The minimum atomic E-state index is 0.0725. The Morgan fingerprint density at radius 1 is 1.17 bits per heavy atom. The first-order valence-electron chi connectivity index (χ1n) is 8.67. The molecule has 128 valence electrons. The summed E-state index contributed by atoms with van der Waals surface area (Å²) in [6, 6.07) is 6.63. The summed E-state index contributed by atoms with van der Waals surface area (Å²) in [7, 11) is 0. The van der Waals surface area contributed by atoms with Crippen molar-refractivity contribution in [1.29, 1.82) is 0 Å². The molecule has 1 aromatic rings.